The molecule has 2 N–H and O–H groups in total. The molecule has 0 saturated carbocycles. The summed E-state index contributed by atoms with van der Waals surface area (Å²) in [5.74, 6) is -1.86. The van der Waals surface area contributed by atoms with Crippen LogP contribution in [0.15, 0.2) is 18.2 Å². The van der Waals surface area contributed by atoms with E-state index in [4.69, 9.17) is 16.7 Å². The first-order valence-electron chi connectivity index (χ1n) is 7.26. The Labute approximate surface area is 143 Å². The largest absolute Gasteiger partial charge is 0.481 e. The number of hydrogen-bond donors (Lipinski definition) is 2. The van der Waals surface area contributed by atoms with Gasteiger partial charge in [-0.3, -0.25) is 9.59 Å². The van der Waals surface area contributed by atoms with Crippen molar-refractivity contribution in [1.29, 1.82) is 0 Å². The maximum Gasteiger partial charge on any atom is 0.317 e. The second kappa shape index (κ2) is 7.48. The van der Waals surface area contributed by atoms with Gasteiger partial charge >= 0.3 is 12.0 Å². The van der Waals surface area contributed by atoms with Crippen LogP contribution in [0.1, 0.15) is 12.8 Å². The van der Waals surface area contributed by atoms with Gasteiger partial charge in [0, 0.05) is 32.2 Å². The van der Waals surface area contributed by atoms with Gasteiger partial charge < -0.3 is 20.2 Å². The monoisotopic (exact) mass is 357 g/mol. The number of nitrogens with zero attached hydrogens (tertiary/aromatic N) is 2. The molecule has 1 fully saturated rings. The Morgan fingerprint density at radius 2 is 2.21 bits per heavy atom. The van der Waals surface area contributed by atoms with Crippen LogP contribution >= 0.6 is 11.6 Å². The van der Waals surface area contributed by atoms with E-state index in [1.165, 1.54) is 35.0 Å². The first kappa shape index (κ1) is 18.0. The third kappa shape index (κ3) is 4.35. The van der Waals surface area contributed by atoms with E-state index in [1.54, 1.807) is 0 Å². The van der Waals surface area contributed by atoms with Gasteiger partial charge in [-0.2, -0.15) is 0 Å². The van der Waals surface area contributed by atoms with Crippen molar-refractivity contribution in [2.24, 2.45) is 0 Å². The molecule has 2 rings (SSSR count). The predicted molar refractivity (Wildman–Crippen MR) is 85.6 cm³/mol. The van der Waals surface area contributed by atoms with Gasteiger partial charge in [-0.15, -0.1) is 0 Å². The highest BCUT2D eigenvalue weighted by Crippen LogP contribution is 2.25. The topological polar surface area (TPSA) is 90.0 Å². The van der Waals surface area contributed by atoms with Crippen LogP contribution < -0.4 is 10.2 Å². The Hall–Kier alpha value is -2.35. The zero-order valence-corrected chi connectivity index (χ0v) is 13.7. The minimum atomic E-state index is -0.998. The molecule has 1 heterocycles. The van der Waals surface area contributed by atoms with Gasteiger partial charge in [0.05, 0.1) is 17.5 Å². The molecule has 1 aliphatic rings. The second-order valence-corrected chi connectivity index (χ2v) is 5.93. The standard InChI is InChI=1S/C15H17ClFN3O4/c1-19(5-4-14(22)23)15(24)18-9-6-13(21)20(8-9)10-2-3-11(16)12(17)7-10/h2-3,7,9H,4-6,8H2,1H3,(H,18,24)(H,22,23). The first-order chi connectivity index (χ1) is 11.3. The number of aliphatic carboxylic acids is 1. The zero-order chi connectivity index (χ0) is 17.9. The van der Waals surface area contributed by atoms with Crippen LogP contribution in [0, 0.1) is 5.82 Å². The van der Waals surface area contributed by atoms with Gasteiger partial charge in [-0.25, -0.2) is 9.18 Å². The van der Waals surface area contributed by atoms with Gasteiger partial charge in [0.15, 0.2) is 0 Å². The molecular formula is C15H17ClFN3O4. The molecular weight excluding hydrogens is 341 g/mol. The summed E-state index contributed by atoms with van der Waals surface area (Å²) >= 11 is 5.63. The minimum absolute atomic E-state index is 0.0321. The van der Waals surface area contributed by atoms with Crippen molar-refractivity contribution in [3.63, 3.8) is 0 Å². The van der Waals surface area contributed by atoms with E-state index in [0.29, 0.717) is 5.69 Å². The molecule has 1 unspecified atom stereocenters. The molecule has 1 aromatic rings. The smallest absolute Gasteiger partial charge is 0.317 e. The molecule has 0 aromatic heterocycles. The summed E-state index contributed by atoms with van der Waals surface area (Å²) in [6, 6.07) is 3.18. The number of benzene rings is 1. The summed E-state index contributed by atoms with van der Waals surface area (Å²) in [5, 5.41) is 11.3. The fourth-order valence-electron chi connectivity index (χ4n) is 2.36. The highest BCUT2D eigenvalue weighted by Gasteiger charge is 2.32. The van der Waals surface area contributed by atoms with Crippen molar-refractivity contribution in [3.8, 4) is 0 Å². The van der Waals surface area contributed by atoms with Crippen molar-refractivity contribution >= 4 is 35.2 Å². The highest BCUT2D eigenvalue weighted by atomic mass is 35.5. The number of carboxylic acid groups (broad SMARTS) is 1. The fraction of sp³-hybridized carbons (Fsp3) is 0.400. The average molecular weight is 358 g/mol. The molecule has 0 aliphatic carbocycles. The predicted octanol–water partition coefficient (Wildman–Crippen LogP) is 1.70. The van der Waals surface area contributed by atoms with E-state index >= 15 is 0 Å². The number of amides is 3. The Balaban J connectivity index is 1.95. The van der Waals surface area contributed by atoms with Gasteiger partial charge in [-0.1, -0.05) is 11.6 Å². The number of hydrogen-bond acceptors (Lipinski definition) is 3. The third-order valence-corrected chi connectivity index (χ3v) is 3.98. The number of nitrogens with one attached hydrogen (secondary N) is 1. The summed E-state index contributed by atoms with van der Waals surface area (Å²) in [4.78, 5) is 37.2. The number of carbonyl (C=O) groups is 3. The molecule has 9 heteroatoms. The third-order valence-electron chi connectivity index (χ3n) is 3.68. The summed E-state index contributed by atoms with van der Waals surface area (Å²) in [6.07, 6.45) is -0.0769. The Bertz CT molecular complexity index is 670. The maximum absolute atomic E-state index is 13.5. The maximum atomic E-state index is 13.5. The van der Waals surface area contributed by atoms with Crippen molar-refractivity contribution < 1.29 is 23.9 Å². The van der Waals surface area contributed by atoms with Crippen LogP contribution in [0.2, 0.25) is 5.02 Å². The van der Waals surface area contributed by atoms with E-state index in [9.17, 15) is 18.8 Å². The van der Waals surface area contributed by atoms with Crippen LogP contribution in [0.25, 0.3) is 0 Å². The lowest BCUT2D eigenvalue weighted by Gasteiger charge is -2.21. The van der Waals surface area contributed by atoms with Crippen LogP contribution in [-0.4, -0.2) is 54.1 Å². The SMILES string of the molecule is CN(CCC(=O)O)C(=O)NC1CC(=O)N(c2ccc(Cl)c(F)c2)C1. The molecule has 0 spiro atoms. The highest BCUT2D eigenvalue weighted by molar-refractivity contribution is 6.30. The Morgan fingerprint density at radius 3 is 2.83 bits per heavy atom. The van der Waals surface area contributed by atoms with Crippen LogP contribution in [0.4, 0.5) is 14.9 Å². The van der Waals surface area contributed by atoms with Crippen molar-refractivity contribution in [2.75, 3.05) is 25.0 Å². The quantitative estimate of drug-likeness (QED) is 0.839. The number of urea groups is 1. The summed E-state index contributed by atoms with van der Waals surface area (Å²) < 4.78 is 13.5. The number of carboxylic acids is 1. The van der Waals surface area contributed by atoms with E-state index < -0.39 is 23.9 Å². The van der Waals surface area contributed by atoms with Gasteiger partial charge in [0.2, 0.25) is 5.91 Å². The molecule has 1 saturated heterocycles. The van der Waals surface area contributed by atoms with E-state index in [2.05, 4.69) is 5.32 Å². The zero-order valence-electron chi connectivity index (χ0n) is 13.0. The first-order valence-corrected chi connectivity index (χ1v) is 7.64. The lowest BCUT2D eigenvalue weighted by atomic mass is 10.2. The molecule has 1 atom stereocenters. The van der Waals surface area contributed by atoms with E-state index in [0.717, 1.165) is 0 Å². The van der Waals surface area contributed by atoms with Crippen LogP contribution in [0.3, 0.4) is 0 Å². The van der Waals surface area contributed by atoms with Crippen molar-refractivity contribution in [3.05, 3.63) is 29.0 Å². The molecule has 7 nitrogen and oxygen atoms in total. The minimum Gasteiger partial charge on any atom is -0.481 e. The second-order valence-electron chi connectivity index (χ2n) is 5.52. The van der Waals surface area contributed by atoms with Crippen LogP contribution in [-0.2, 0) is 9.59 Å². The summed E-state index contributed by atoms with van der Waals surface area (Å²) in [7, 11) is 1.47. The van der Waals surface area contributed by atoms with Crippen molar-refractivity contribution in [1.82, 2.24) is 10.2 Å². The summed E-state index contributed by atoms with van der Waals surface area (Å²) in [6.45, 7) is 0.270. The number of carbonyl (C=O) groups excluding carboxylic acids is 2. The van der Waals surface area contributed by atoms with Gasteiger partial charge in [0.25, 0.3) is 0 Å². The van der Waals surface area contributed by atoms with Gasteiger partial charge in [-0.05, 0) is 18.2 Å². The summed E-state index contributed by atoms with van der Waals surface area (Å²) in [5.41, 5.74) is 0.373. The number of anilines is 1. The molecule has 1 aromatic carbocycles. The van der Waals surface area contributed by atoms with Crippen molar-refractivity contribution in [2.45, 2.75) is 18.9 Å². The molecule has 130 valence electrons. The lowest BCUT2D eigenvalue weighted by molar-refractivity contribution is -0.137. The lowest BCUT2D eigenvalue weighted by Crippen LogP contribution is -2.44. The molecule has 1 aliphatic heterocycles. The number of rotatable bonds is 5. The van der Waals surface area contributed by atoms with E-state index in [-0.39, 0.29) is 36.9 Å². The van der Waals surface area contributed by atoms with Gasteiger partial charge in [0.1, 0.15) is 5.82 Å². The number of halogens is 2. The molecule has 0 bridgehead atoms. The molecule has 24 heavy (non-hydrogen) atoms. The fourth-order valence-corrected chi connectivity index (χ4v) is 2.47. The van der Waals surface area contributed by atoms with E-state index in [1.807, 2.05) is 0 Å². The van der Waals surface area contributed by atoms with Crippen LogP contribution in [0.5, 0.6) is 0 Å². The average Bonchev–Trinajstić information content (AvgIpc) is 2.88. The Morgan fingerprint density at radius 1 is 1.50 bits per heavy atom. The molecule has 3 amide bonds. The molecule has 0 radical (unpaired) electrons. The Kier molecular flexibility index (Phi) is 5.61. The normalized spacial score (nSPS) is 17.0.